The van der Waals surface area contributed by atoms with Gasteiger partial charge in [0, 0.05) is 6.54 Å². The number of hydrogen-bond donors (Lipinski definition) is 0. The summed E-state index contributed by atoms with van der Waals surface area (Å²) in [6.07, 6.45) is 20.7. The molecule has 140 valence electrons. The first kappa shape index (κ1) is 23.2. The van der Waals surface area contributed by atoms with Crippen LogP contribution in [-0.2, 0) is 4.74 Å². The average molecular weight is 348 g/mol. The molecule has 3 heteroatoms. The predicted octanol–water partition coefficient (Wildman–Crippen LogP) is 6.22. The van der Waals surface area contributed by atoms with Gasteiger partial charge in [-0.15, -0.1) is 12.4 Å². The van der Waals surface area contributed by atoms with Crippen LogP contribution in [0.3, 0.4) is 0 Å². The highest BCUT2D eigenvalue weighted by Gasteiger charge is 2.23. The second-order valence-corrected chi connectivity index (χ2v) is 7.31. The molecule has 0 spiro atoms. The zero-order valence-electron chi connectivity index (χ0n) is 15.9. The molecule has 1 heterocycles. The summed E-state index contributed by atoms with van der Waals surface area (Å²) >= 11 is 0. The largest absolute Gasteiger partial charge is 0.372 e. The minimum Gasteiger partial charge on any atom is -0.372 e. The highest BCUT2D eigenvalue weighted by atomic mass is 35.5. The molecule has 1 aliphatic heterocycles. The fourth-order valence-electron chi connectivity index (χ4n) is 3.19. The smallest absolute Gasteiger partial charge is 0.0936 e. The van der Waals surface area contributed by atoms with Crippen LogP contribution in [0, 0.1) is 0 Å². The molecule has 0 bridgehead atoms. The molecule has 0 radical (unpaired) electrons. The summed E-state index contributed by atoms with van der Waals surface area (Å²) in [6.45, 7) is 5.67. The highest BCUT2D eigenvalue weighted by Crippen LogP contribution is 2.13. The van der Waals surface area contributed by atoms with Crippen LogP contribution in [0.4, 0.5) is 0 Å². The van der Waals surface area contributed by atoms with E-state index in [2.05, 4.69) is 18.9 Å². The van der Waals surface area contributed by atoms with Gasteiger partial charge >= 0.3 is 0 Å². The van der Waals surface area contributed by atoms with Crippen molar-refractivity contribution in [1.29, 1.82) is 0 Å². The second kappa shape index (κ2) is 17.0. The lowest BCUT2D eigenvalue weighted by Crippen LogP contribution is -2.24. The first-order valence-electron chi connectivity index (χ1n) is 10.1. The molecule has 0 amide bonds. The van der Waals surface area contributed by atoms with Gasteiger partial charge in [-0.25, -0.2) is 0 Å². The molecule has 0 aromatic carbocycles. The maximum absolute atomic E-state index is 5.26. The van der Waals surface area contributed by atoms with Crippen molar-refractivity contribution in [3.05, 3.63) is 0 Å². The Hall–Kier alpha value is 0.210. The standard InChI is InChI=1S/C20H41NO.ClH/c1-3-4-5-6-7-8-9-10-11-12-13-14-15-16-17-21(2)18-20-19-22-20;/h20H,3-19H2,1-2H3;1H. The molecule has 23 heavy (non-hydrogen) atoms. The predicted molar refractivity (Wildman–Crippen MR) is 105 cm³/mol. The van der Waals surface area contributed by atoms with Crippen LogP contribution in [-0.4, -0.2) is 37.7 Å². The Bertz CT molecular complexity index is 234. The molecular weight excluding hydrogens is 306 g/mol. The molecule has 0 aromatic heterocycles. The molecule has 1 aliphatic rings. The van der Waals surface area contributed by atoms with E-state index in [1.165, 1.54) is 96.4 Å². The van der Waals surface area contributed by atoms with E-state index in [4.69, 9.17) is 4.74 Å². The van der Waals surface area contributed by atoms with Gasteiger partial charge in [-0.3, -0.25) is 0 Å². The van der Waals surface area contributed by atoms with Crippen molar-refractivity contribution in [3.63, 3.8) is 0 Å². The van der Waals surface area contributed by atoms with Crippen LogP contribution in [0.1, 0.15) is 96.8 Å². The van der Waals surface area contributed by atoms with Crippen molar-refractivity contribution >= 4 is 12.4 Å². The van der Waals surface area contributed by atoms with E-state index in [1.807, 2.05) is 0 Å². The van der Waals surface area contributed by atoms with Crippen molar-refractivity contribution < 1.29 is 4.74 Å². The lowest BCUT2D eigenvalue weighted by Gasteiger charge is -2.14. The van der Waals surface area contributed by atoms with E-state index >= 15 is 0 Å². The van der Waals surface area contributed by atoms with Crippen LogP contribution in [0.5, 0.6) is 0 Å². The quantitative estimate of drug-likeness (QED) is 0.229. The van der Waals surface area contributed by atoms with Crippen molar-refractivity contribution in [2.75, 3.05) is 26.7 Å². The molecule has 1 atom stereocenters. The zero-order chi connectivity index (χ0) is 15.9. The number of halogens is 1. The number of epoxide rings is 1. The third-order valence-corrected chi connectivity index (χ3v) is 4.81. The maximum Gasteiger partial charge on any atom is 0.0936 e. The van der Waals surface area contributed by atoms with Crippen LogP contribution in [0.2, 0.25) is 0 Å². The van der Waals surface area contributed by atoms with E-state index in [0.717, 1.165) is 13.2 Å². The summed E-state index contributed by atoms with van der Waals surface area (Å²) in [5.74, 6) is 0. The van der Waals surface area contributed by atoms with Crippen LogP contribution in [0.25, 0.3) is 0 Å². The molecule has 1 unspecified atom stereocenters. The normalized spacial score (nSPS) is 16.6. The summed E-state index contributed by atoms with van der Waals surface area (Å²) in [5.41, 5.74) is 0. The first-order chi connectivity index (χ1) is 10.8. The number of likely N-dealkylation sites (N-methyl/N-ethyl adjacent to an activating group) is 1. The monoisotopic (exact) mass is 347 g/mol. The first-order valence-corrected chi connectivity index (χ1v) is 10.1. The van der Waals surface area contributed by atoms with Crippen molar-refractivity contribution in [1.82, 2.24) is 4.90 Å². The summed E-state index contributed by atoms with van der Waals surface area (Å²) in [7, 11) is 2.23. The van der Waals surface area contributed by atoms with Crippen molar-refractivity contribution in [3.8, 4) is 0 Å². The third kappa shape index (κ3) is 16.8. The third-order valence-electron chi connectivity index (χ3n) is 4.81. The number of ether oxygens (including phenoxy) is 1. The van der Waals surface area contributed by atoms with E-state index in [9.17, 15) is 0 Å². The Morgan fingerprint density at radius 1 is 0.739 bits per heavy atom. The van der Waals surface area contributed by atoms with E-state index < -0.39 is 0 Å². The summed E-state index contributed by atoms with van der Waals surface area (Å²) in [4.78, 5) is 2.43. The number of unbranched alkanes of at least 4 members (excludes halogenated alkanes) is 13. The van der Waals surface area contributed by atoms with Crippen LogP contribution in [0.15, 0.2) is 0 Å². The Morgan fingerprint density at radius 3 is 1.52 bits per heavy atom. The summed E-state index contributed by atoms with van der Waals surface area (Å²) in [6, 6.07) is 0. The van der Waals surface area contributed by atoms with Gasteiger partial charge in [-0.2, -0.15) is 0 Å². The number of rotatable bonds is 17. The minimum atomic E-state index is 0. The van der Waals surface area contributed by atoms with E-state index in [0.29, 0.717) is 6.10 Å². The van der Waals surface area contributed by atoms with Gasteiger partial charge in [0.25, 0.3) is 0 Å². The number of nitrogens with zero attached hydrogens (tertiary/aromatic N) is 1. The molecule has 0 N–H and O–H groups in total. The molecule has 1 fully saturated rings. The van der Waals surface area contributed by atoms with Crippen LogP contribution < -0.4 is 0 Å². The SMILES string of the molecule is CCCCCCCCCCCCCCCCN(C)CC1CO1.Cl. The van der Waals surface area contributed by atoms with E-state index in [-0.39, 0.29) is 12.4 Å². The molecule has 1 rings (SSSR count). The molecule has 0 aliphatic carbocycles. The van der Waals surface area contributed by atoms with Gasteiger partial charge < -0.3 is 9.64 Å². The molecule has 0 saturated carbocycles. The zero-order valence-corrected chi connectivity index (χ0v) is 16.7. The molecule has 0 aromatic rings. The van der Waals surface area contributed by atoms with Gasteiger partial charge in [-0.05, 0) is 20.0 Å². The lowest BCUT2D eigenvalue weighted by molar-refractivity contribution is 0.278. The van der Waals surface area contributed by atoms with E-state index in [1.54, 1.807) is 0 Å². The Labute approximate surface area is 152 Å². The van der Waals surface area contributed by atoms with Gasteiger partial charge in [0.15, 0.2) is 0 Å². The second-order valence-electron chi connectivity index (χ2n) is 7.31. The van der Waals surface area contributed by atoms with Gasteiger partial charge in [0.05, 0.1) is 12.7 Å². The summed E-state index contributed by atoms with van der Waals surface area (Å²) < 4.78 is 5.26. The van der Waals surface area contributed by atoms with Gasteiger partial charge in [-0.1, -0.05) is 90.4 Å². The fourth-order valence-corrected chi connectivity index (χ4v) is 3.19. The average Bonchev–Trinajstić information content (AvgIpc) is 3.31. The molecular formula is C20H42ClNO. The topological polar surface area (TPSA) is 15.8 Å². The number of hydrogen-bond acceptors (Lipinski definition) is 2. The molecule has 2 nitrogen and oxygen atoms in total. The lowest BCUT2D eigenvalue weighted by atomic mass is 10.0. The van der Waals surface area contributed by atoms with Gasteiger partial charge in [0.2, 0.25) is 0 Å². The highest BCUT2D eigenvalue weighted by molar-refractivity contribution is 5.85. The Balaban J connectivity index is 0.00000484. The Kier molecular flexibility index (Phi) is 17.2. The minimum absolute atomic E-state index is 0. The maximum atomic E-state index is 5.26. The molecule has 1 saturated heterocycles. The fraction of sp³-hybridized carbons (Fsp3) is 1.00. The van der Waals surface area contributed by atoms with Gasteiger partial charge in [0.1, 0.15) is 0 Å². The van der Waals surface area contributed by atoms with Crippen molar-refractivity contribution in [2.45, 2.75) is 103 Å². The summed E-state index contributed by atoms with van der Waals surface area (Å²) in [5, 5.41) is 0. The van der Waals surface area contributed by atoms with Crippen molar-refractivity contribution in [2.24, 2.45) is 0 Å². The Morgan fingerprint density at radius 2 is 1.13 bits per heavy atom. The van der Waals surface area contributed by atoms with Crippen LogP contribution >= 0.6 is 12.4 Å².